The van der Waals surface area contributed by atoms with E-state index in [1.807, 2.05) is 0 Å². The lowest BCUT2D eigenvalue weighted by atomic mass is 9.89. The van der Waals surface area contributed by atoms with E-state index in [1.54, 1.807) is 5.57 Å². The Bertz CT molecular complexity index is 335. The Labute approximate surface area is 98.2 Å². The molecule has 3 rings (SSSR count). The van der Waals surface area contributed by atoms with Crippen LogP contribution in [-0.2, 0) is 0 Å². The van der Waals surface area contributed by atoms with E-state index in [0.717, 1.165) is 24.6 Å². The van der Waals surface area contributed by atoms with Gasteiger partial charge in [0.05, 0.1) is 0 Å². The smallest absolute Gasteiger partial charge is 0.0238 e. The number of rotatable bonds is 2. The third-order valence-electron chi connectivity index (χ3n) is 4.28. The zero-order chi connectivity index (χ0) is 11.0. The maximum Gasteiger partial charge on any atom is 0.0238 e. The van der Waals surface area contributed by atoms with Crippen LogP contribution < -0.4 is 5.73 Å². The van der Waals surface area contributed by atoms with E-state index in [4.69, 9.17) is 5.73 Å². The molecule has 0 bridgehead atoms. The normalized spacial score (nSPS) is 27.4. The summed E-state index contributed by atoms with van der Waals surface area (Å²) in [6.07, 6.45) is 10.5. The quantitative estimate of drug-likeness (QED) is 0.771. The van der Waals surface area contributed by atoms with Gasteiger partial charge in [-0.25, -0.2) is 0 Å². The van der Waals surface area contributed by atoms with Crippen molar-refractivity contribution in [1.82, 2.24) is 4.90 Å². The molecular weight excluding hydrogens is 196 g/mol. The van der Waals surface area contributed by atoms with Crippen molar-refractivity contribution < 1.29 is 0 Å². The molecular formula is C14H22N2. The summed E-state index contributed by atoms with van der Waals surface area (Å²) in [6, 6.07) is 0. The highest BCUT2D eigenvalue weighted by Crippen LogP contribution is 2.31. The van der Waals surface area contributed by atoms with Gasteiger partial charge in [-0.15, -0.1) is 0 Å². The Morgan fingerprint density at radius 1 is 1.19 bits per heavy atom. The van der Waals surface area contributed by atoms with Crippen LogP contribution >= 0.6 is 0 Å². The lowest BCUT2D eigenvalue weighted by molar-refractivity contribution is 0.236. The molecule has 1 saturated carbocycles. The Kier molecular flexibility index (Phi) is 2.76. The van der Waals surface area contributed by atoms with Gasteiger partial charge in [-0.1, -0.05) is 19.3 Å². The Morgan fingerprint density at radius 3 is 2.75 bits per heavy atom. The predicted octanol–water partition coefficient (Wildman–Crippen LogP) is 2.43. The Hall–Kier alpha value is -0.760. The van der Waals surface area contributed by atoms with Gasteiger partial charge in [-0.3, -0.25) is 4.90 Å². The molecule has 16 heavy (non-hydrogen) atoms. The summed E-state index contributed by atoms with van der Waals surface area (Å²) in [6.45, 7) is 3.66. The van der Waals surface area contributed by atoms with Crippen LogP contribution in [-0.4, -0.2) is 24.5 Å². The molecule has 0 saturated heterocycles. The predicted molar refractivity (Wildman–Crippen MR) is 66.9 cm³/mol. The second-order valence-electron chi connectivity index (χ2n) is 5.70. The average Bonchev–Trinajstić information content (AvgIpc) is 2.76. The van der Waals surface area contributed by atoms with Crippen molar-refractivity contribution in [3.05, 3.63) is 22.9 Å². The van der Waals surface area contributed by atoms with E-state index in [9.17, 15) is 0 Å². The van der Waals surface area contributed by atoms with Gasteiger partial charge in [-0.2, -0.15) is 0 Å². The van der Waals surface area contributed by atoms with Crippen LogP contribution in [0, 0.1) is 5.92 Å². The fourth-order valence-corrected chi connectivity index (χ4v) is 3.48. The molecule has 2 heteroatoms. The molecule has 2 aliphatic carbocycles. The number of hydrogen-bond donors (Lipinski definition) is 1. The largest absolute Gasteiger partial charge is 0.402 e. The number of nitrogens with zero attached hydrogens (tertiary/aromatic N) is 1. The summed E-state index contributed by atoms with van der Waals surface area (Å²) in [4.78, 5) is 2.63. The lowest BCUT2D eigenvalue weighted by Gasteiger charge is -2.27. The third-order valence-corrected chi connectivity index (χ3v) is 4.28. The second-order valence-corrected chi connectivity index (χ2v) is 5.70. The van der Waals surface area contributed by atoms with Crippen molar-refractivity contribution in [2.75, 3.05) is 19.6 Å². The summed E-state index contributed by atoms with van der Waals surface area (Å²) < 4.78 is 0. The molecule has 0 radical (unpaired) electrons. The summed E-state index contributed by atoms with van der Waals surface area (Å²) >= 11 is 0. The fourth-order valence-electron chi connectivity index (χ4n) is 3.48. The number of allylic oxidation sites excluding steroid dienone is 1. The highest BCUT2D eigenvalue weighted by molar-refractivity contribution is 5.42. The van der Waals surface area contributed by atoms with E-state index in [-0.39, 0.29) is 0 Å². The van der Waals surface area contributed by atoms with Crippen LogP contribution in [0.2, 0.25) is 0 Å². The van der Waals surface area contributed by atoms with Gasteiger partial charge in [0.1, 0.15) is 0 Å². The van der Waals surface area contributed by atoms with Crippen LogP contribution in [0.1, 0.15) is 38.5 Å². The molecule has 0 aromatic rings. The van der Waals surface area contributed by atoms with Crippen LogP contribution in [0.25, 0.3) is 0 Å². The first kappa shape index (κ1) is 10.4. The molecule has 2 N–H and O–H groups in total. The minimum atomic E-state index is 0.968. The fraction of sp³-hybridized carbons (Fsp3) is 0.714. The van der Waals surface area contributed by atoms with Gasteiger partial charge in [0.15, 0.2) is 0 Å². The van der Waals surface area contributed by atoms with Gasteiger partial charge in [0.25, 0.3) is 0 Å². The van der Waals surface area contributed by atoms with Crippen molar-refractivity contribution in [3.63, 3.8) is 0 Å². The van der Waals surface area contributed by atoms with Gasteiger partial charge in [-0.05, 0) is 36.0 Å². The molecule has 0 amide bonds. The summed E-state index contributed by atoms with van der Waals surface area (Å²) in [5.74, 6) is 0.968. The molecule has 1 aliphatic heterocycles. The molecule has 0 aromatic carbocycles. The zero-order valence-corrected chi connectivity index (χ0v) is 10.0. The average molecular weight is 218 g/mol. The molecule has 0 atom stereocenters. The summed E-state index contributed by atoms with van der Waals surface area (Å²) in [5, 5.41) is 0. The van der Waals surface area contributed by atoms with Gasteiger partial charge >= 0.3 is 0 Å². The SMILES string of the molecule is NC1=CC2=C(C1)CN(CC1CCCCC1)C2. The van der Waals surface area contributed by atoms with Crippen molar-refractivity contribution in [1.29, 1.82) is 0 Å². The highest BCUT2D eigenvalue weighted by atomic mass is 15.1. The molecule has 3 aliphatic rings. The standard InChI is InChI=1S/C14H22N2/c15-14-6-12-9-16(10-13(12)7-14)8-11-4-2-1-3-5-11/h6,11H,1-5,7-10,15H2. The summed E-state index contributed by atoms with van der Waals surface area (Å²) in [5.41, 5.74) is 10.0. The van der Waals surface area contributed by atoms with Crippen molar-refractivity contribution in [2.24, 2.45) is 11.7 Å². The third kappa shape index (κ3) is 2.03. The molecule has 0 aromatic heterocycles. The number of nitrogens with two attached hydrogens (primary N) is 1. The molecule has 2 nitrogen and oxygen atoms in total. The van der Waals surface area contributed by atoms with Crippen molar-refractivity contribution in [2.45, 2.75) is 38.5 Å². The first-order valence-electron chi connectivity index (χ1n) is 6.70. The van der Waals surface area contributed by atoms with E-state index >= 15 is 0 Å². The molecule has 1 fully saturated rings. The molecule has 0 spiro atoms. The Balaban J connectivity index is 1.52. The van der Waals surface area contributed by atoms with Crippen LogP contribution in [0.15, 0.2) is 22.9 Å². The van der Waals surface area contributed by atoms with Crippen LogP contribution in [0.4, 0.5) is 0 Å². The monoisotopic (exact) mass is 218 g/mol. The van der Waals surface area contributed by atoms with Crippen molar-refractivity contribution in [3.8, 4) is 0 Å². The maximum atomic E-state index is 5.86. The van der Waals surface area contributed by atoms with Crippen LogP contribution in [0.5, 0.6) is 0 Å². The minimum absolute atomic E-state index is 0.968. The van der Waals surface area contributed by atoms with Crippen LogP contribution in [0.3, 0.4) is 0 Å². The van der Waals surface area contributed by atoms with E-state index in [1.165, 1.54) is 50.8 Å². The van der Waals surface area contributed by atoms with E-state index < -0.39 is 0 Å². The topological polar surface area (TPSA) is 29.3 Å². The lowest BCUT2D eigenvalue weighted by Crippen LogP contribution is -2.29. The highest BCUT2D eigenvalue weighted by Gasteiger charge is 2.26. The molecule has 88 valence electrons. The van der Waals surface area contributed by atoms with Gasteiger partial charge < -0.3 is 5.73 Å². The maximum absolute atomic E-state index is 5.86. The number of hydrogen-bond acceptors (Lipinski definition) is 2. The van der Waals surface area contributed by atoms with Gasteiger partial charge in [0.2, 0.25) is 0 Å². The summed E-state index contributed by atoms with van der Waals surface area (Å²) in [7, 11) is 0. The molecule has 1 heterocycles. The first-order valence-corrected chi connectivity index (χ1v) is 6.70. The molecule has 0 unspecified atom stereocenters. The first-order chi connectivity index (χ1) is 7.81. The Morgan fingerprint density at radius 2 is 2.00 bits per heavy atom. The zero-order valence-electron chi connectivity index (χ0n) is 10.0. The van der Waals surface area contributed by atoms with Crippen molar-refractivity contribution >= 4 is 0 Å². The van der Waals surface area contributed by atoms with E-state index in [0.29, 0.717) is 0 Å². The second kappa shape index (κ2) is 4.25. The van der Waals surface area contributed by atoms with E-state index in [2.05, 4.69) is 11.0 Å². The minimum Gasteiger partial charge on any atom is -0.402 e. The van der Waals surface area contributed by atoms with Gasteiger partial charge in [0, 0.05) is 31.8 Å².